The Kier molecular flexibility index (Phi) is 13.8. The Morgan fingerprint density at radius 1 is 0.797 bits per heavy atom. The fourth-order valence-electron chi connectivity index (χ4n) is 9.01. The molecule has 2 amide bonds. The van der Waals surface area contributed by atoms with E-state index in [-0.39, 0.29) is 53.7 Å². The molecule has 13 nitrogen and oxygen atoms in total. The highest BCUT2D eigenvalue weighted by molar-refractivity contribution is 5.97. The average molecular weight is 865 g/mol. The molecule has 0 spiro atoms. The van der Waals surface area contributed by atoms with Gasteiger partial charge in [-0.3, -0.25) is 14.4 Å². The number of hydrogen-bond donors (Lipinski definition) is 6. The summed E-state index contributed by atoms with van der Waals surface area (Å²) in [5.74, 6) is 0.748. The van der Waals surface area contributed by atoms with Crippen molar-refractivity contribution in [1.29, 1.82) is 0 Å². The summed E-state index contributed by atoms with van der Waals surface area (Å²) in [7, 11) is 0. The number of amides is 2. The molecule has 3 atom stereocenters. The van der Waals surface area contributed by atoms with Crippen molar-refractivity contribution < 1.29 is 38.6 Å². The number of nitrogens with one attached hydrogen (secondary N) is 4. The number of quaternary nitrogens is 1. The zero-order valence-corrected chi connectivity index (χ0v) is 35.6. The van der Waals surface area contributed by atoms with Crippen LogP contribution in [0.5, 0.6) is 11.5 Å². The van der Waals surface area contributed by atoms with Crippen molar-refractivity contribution in [2.24, 2.45) is 5.92 Å². The maximum Gasteiger partial charge on any atom is 0.408 e. The Morgan fingerprint density at radius 2 is 1.53 bits per heavy atom. The van der Waals surface area contributed by atoms with E-state index in [0.29, 0.717) is 64.9 Å². The van der Waals surface area contributed by atoms with Crippen LogP contribution in [0, 0.1) is 5.92 Å². The molecular weight excluding hydrogens is 811 g/mol. The molecule has 6 aromatic rings. The number of hydrogen-bond acceptors (Lipinski definition) is 9. The summed E-state index contributed by atoms with van der Waals surface area (Å²) in [5, 5.41) is 30.7. The topological polar surface area (TPSA) is 179 Å². The van der Waals surface area contributed by atoms with Gasteiger partial charge in [-0.2, -0.15) is 0 Å². The third-order valence-corrected chi connectivity index (χ3v) is 12.5. The van der Waals surface area contributed by atoms with Crippen molar-refractivity contribution in [2.45, 2.75) is 44.1 Å². The third kappa shape index (κ3) is 10.7. The first-order valence-electron chi connectivity index (χ1n) is 21.9. The predicted molar refractivity (Wildman–Crippen MR) is 243 cm³/mol. The number of phenols is 1. The summed E-state index contributed by atoms with van der Waals surface area (Å²) >= 11 is 0. The molecule has 9 rings (SSSR count). The molecule has 13 heteroatoms. The summed E-state index contributed by atoms with van der Waals surface area (Å²) in [5.41, 5.74) is 4.36. The van der Waals surface area contributed by atoms with Crippen molar-refractivity contribution in [1.82, 2.24) is 20.9 Å². The number of fused-ring (bicyclic) bond motifs is 4. The van der Waals surface area contributed by atoms with Gasteiger partial charge in [0.25, 0.3) is 5.91 Å². The summed E-state index contributed by atoms with van der Waals surface area (Å²) < 4.78 is 13.0. The number of pyridine rings is 1. The number of aromatic nitrogens is 1. The Labute approximate surface area is 371 Å². The van der Waals surface area contributed by atoms with E-state index in [1.54, 1.807) is 24.3 Å². The number of piperidine rings is 3. The highest BCUT2D eigenvalue weighted by atomic mass is 16.6. The van der Waals surface area contributed by atoms with Gasteiger partial charge in [0, 0.05) is 54.4 Å². The molecule has 4 heterocycles. The number of Topliss-reactive ketones (excluding diaryl/α,β-unsaturated/α-hetero) is 1. The number of alkyl carbamates (subject to hydrolysis) is 1. The Bertz CT molecular complexity index is 2610. The molecule has 1 unspecified atom stereocenters. The van der Waals surface area contributed by atoms with Crippen molar-refractivity contribution in [3.8, 4) is 11.5 Å². The van der Waals surface area contributed by atoms with Gasteiger partial charge >= 0.3 is 6.09 Å². The molecule has 3 fully saturated rings. The quantitative estimate of drug-likeness (QED) is 0.0317. The van der Waals surface area contributed by atoms with Gasteiger partial charge in [0.1, 0.15) is 31.2 Å². The van der Waals surface area contributed by atoms with Crippen LogP contribution in [-0.2, 0) is 11.3 Å². The van der Waals surface area contributed by atoms with Crippen molar-refractivity contribution in [2.75, 3.05) is 45.8 Å². The second-order valence-corrected chi connectivity index (χ2v) is 16.9. The van der Waals surface area contributed by atoms with E-state index in [1.807, 2.05) is 97.1 Å². The molecule has 330 valence electrons. The van der Waals surface area contributed by atoms with Gasteiger partial charge in [-0.05, 0) is 71.6 Å². The standard InChI is InChI=1S/C51H53N5O8/c57-43-21-19-41(42-20-22-47(60)54-49(42)43)44(58)30-52-25-8-26-53-50(61)38-17-15-34(16-18-38)33-63-40-14-7-13-39(29-40)48(37-11-5-2-6-12-37)55-51(62)64-46-32-56(27-23-36(46)24-28-56)31-45(59)35-9-3-1-4-10-35/h1-7,9-22,29,36,44,46,48,52,58H,8,23-28,30-33H2,(H3-,53,54,55,57,60,61,62)/p+1/t36?,44-,46+,48?,56?/m1/s1. The van der Waals surface area contributed by atoms with Crippen LogP contribution in [0.1, 0.15) is 74.4 Å². The van der Waals surface area contributed by atoms with Crippen LogP contribution in [0.2, 0.25) is 0 Å². The molecule has 0 saturated carbocycles. The number of carbonyl (C=O) groups is 3. The zero-order chi connectivity index (χ0) is 44.5. The second-order valence-electron chi connectivity index (χ2n) is 16.9. The summed E-state index contributed by atoms with van der Waals surface area (Å²) in [6.07, 6.45) is 0.827. The van der Waals surface area contributed by atoms with Gasteiger partial charge in [-0.1, -0.05) is 91.0 Å². The minimum absolute atomic E-state index is 0.0630. The SMILES string of the molecule is O=C(NC(c1ccccc1)c1cccc(OCc2ccc(C(=O)NCCCNC[C@@H](O)c3ccc(O)c4[nH]c(=O)ccc34)cc2)c1)O[C@H]1C[N+]2(CC(=O)c3ccccc3)CCC1CC2. The van der Waals surface area contributed by atoms with Gasteiger partial charge < -0.3 is 45.1 Å². The Hall–Kier alpha value is -6.80. The van der Waals surface area contributed by atoms with E-state index in [2.05, 4.69) is 20.9 Å². The first-order valence-corrected chi connectivity index (χ1v) is 21.9. The summed E-state index contributed by atoms with van der Waals surface area (Å²) in [6.45, 7) is 4.35. The lowest BCUT2D eigenvalue weighted by Crippen LogP contribution is -2.66. The molecule has 6 N–H and O–H groups in total. The van der Waals surface area contributed by atoms with E-state index >= 15 is 0 Å². The van der Waals surface area contributed by atoms with Crippen LogP contribution in [0.3, 0.4) is 0 Å². The highest BCUT2D eigenvalue weighted by Gasteiger charge is 2.48. The minimum Gasteiger partial charge on any atom is -0.506 e. The molecule has 2 bridgehead atoms. The normalized spacial score (nSPS) is 18.8. The second kappa shape index (κ2) is 20.1. The minimum atomic E-state index is -0.865. The summed E-state index contributed by atoms with van der Waals surface area (Å²) in [6, 6.07) is 39.5. The molecule has 3 aliphatic rings. The fraction of sp³-hybridized carbons (Fsp3) is 0.294. The van der Waals surface area contributed by atoms with Crippen LogP contribution >= 0.6 is 0 Å². The van der Waals surface area contributed by atoms with E-state index in [1.165, 1.54) is 12.1 Å². The molecule has 0 aliphatic carbocycles. The average Bonchev–Trinajstić information content (AvgIpc) is 3.32. The third-order valence-electron chi connectivity index (χ3n) is 12.5. The number of ether oxygens (including phenoxy) is 2. The number of ketones is 1. The van der Waals surface area contributed by atoms with Crippen molar-refractivity contribution in [3.05, 3.63) is 177 Å². The number of H-pyrrole nitrogens is 1. The number of benzene rings is 5. The van der Waals surface area contributed by atoms with E-state index in [9.17, 15) is 29.4 Å². The molecule has 3 saturated heterocycles. The Morgan fingerprint density at radius 3 is 2.30 bits per heavy atom. The molecule has 5 aromatic carbocycles. The lowest BCUT2D eigenvalue weighted by atomic mass is 9.83. The van der Waals surface area contributed by atoms with Gasteiger partial charge in [-0.25, -0.2) is 4.79 Å². The highest BCUT2D eigenvalue weighted by Crippen LogP contribution is 2.36. The maximum absolute atomic E-state index is 13.7. The summed E-state index contributed by atoms with van der Waals surface area (Å²) in [4.78, 5) is 54.1. The number of aliphatic hydroxyl groups is 1. The monoisotopic (exact) mass is 864 g/mol. The van der Waals surface area contributed by atoms with Crippen LogP contribution in [0.4, 0.5) is 4.79 Å². The number of aromatic amines is 1. The van der Waals surface area contributed by atoms with Crippen LogP contribution in [-0.4, -0.2) is 89.4 Å². The smallest absolute Gasteiger partial charge is 0.408 e. The largest absolute Gasteiger partial charge is 0.506 e. The number of nitrogens with zero attached hydrogens (tertiary/aromatic N) is 1. The molecule has 3 aliphatic heterocycles. The van der Waals surface area contributed by atoms with Crippen molar-refractivity contribution in [3.63, 3.8) is 0 Å². The Balaban J connectivity index is 0.805. The lowest BCUT2D eigenvalue weighted by Gasteiger charge is -2.51. The van der Waals surface area contributed by atoms with Gasteiger partial charge in [0.15, 0.2) is 6.10 Å². The van der Waals surface area contributed by atoms with Crippen LogP contribution < -0.4 is 26.2 Å². The van der Waals surface area contributed by atoms with E-state index in [0.717, 1.165) is 42.6 Å². The maximum atomic E-state index is 13.7. The van der Waals surface area contributed by atoms with Gasteiger partial charge in [0.05, 0.1) is 30.8 Å². The molecule has 64 heavy (non-hydrogen) atoms. The number of aliphatic hydroxyl groups excluding tert-OH is 1. The number of aromatic hydroxyl groups is 1. The molecular formula is C51H54N5O8+. The molecule has 1 aromatic heterocycles. The predicted octanol–water partition coefficient (Wildman–Crippen LogP) is 6.56. The van der Waals surface area contributed by atoms with Crippen LogP contribution in [0.15, 0.2) is 138 Å². The lowest BCUT2D eigenvalue weighted by molar-refractivity contribution is -0.938. The van der Waals surface area contributed by atoms with Crippen LogP contribution in [0.25, 0.3) is 10.9 Å². The van der Waals surface area contributed by atoms with E-state index in [4.69, 9.17) is 9.47 Å². The number of rotatable bonds is 18. The van der Waals surface area contributed by atoms with E-state index < -0.39 is 18.2 Å². The molecule has 0 radical (unpaired) electrons. The van der Waals surface area contributed by atoms with Crippen molar-refractivity contribution >= 4 is 28.7 Å². The zero-order valence-electron chi connectivity index (χ0n) is 35.6. The van der Waals surface area contributed by atoms with Gasteiger partial charge in [-0.15, -0.1) is 0 Å². The number of carbonyl (C=O) groups excluding carboxylic acids is 3. The fourth-order valence-corrected chi connectivity index (χ4v) is 9.01. The number of phenolic OH excluding ortho intramolecular Hbond substituents is 1. The first-order chi connectivity index (χ1) is 31.1. The first kappa shape index (κ1) is 43.8. The van der Waals surface area contributed by atoms with Gasteiger partial charge in [0.2, 0.25) is 11.3 Å².